The average molecular weight is 318 g/mol. The molecule has 5 nitrogen and oxygen atoms in total. The highest BCUT2D eigenvalue weighted by Gasteiger charge is 2.17. The molecule has 0 radical (unpaired) electrons. The molecule has 0 aliphatic heterocycles. The number of ether oxygens (including phenoxy) is 1. The van der Waals surface area contributed by atoms with Crippen molar-refractivity contribution in [3.8, 4) is 5.75 Å². The van der Waals surface area contributed by atoms with Crippen LogP contribution >= 0.6 is 0 Å². The largest absolute Gasteiger partial charge is 0.497 e. The summed E-state index contributed by atoms with van der Waals surface area (Å²) in [6.07, 6.45) is 0. The predicted molar refractivity (Wildman–Crippen MR) is 91.3 cm³/mol. The zero-order valence-electron chi connectivity index (χ0n) is 12.6. The van der Waals surface area contributed by atoms with Crippen LogP contribution in [0.4, 0.5) is 0 Å². The van der Waals surface area contributed by atoms with Gasteiger partial charge in [-0.3, -0.25) is 0 Å². The molecule has 0 spiro atoms. The molecule has 5 aromatic rings. The van der Waals surface area contributed by atoms with Crippen LogP contribution in [0.25, 0.3) is 43.5 Å². The quantitative estimate of drug-likeness (QED) is 0.348. The van der Waals surface area contributed by atoms with E-state index in [9.17, 15) is 9.59 Å². The van der Waals surface area contributed by atoms with Crippen molar-refractivity contribution in [2.75, 3.05) is 7.11 Å². The molecule has 0 aliphatic carbocycles. The molecule has 24 heavy (non-hydrogen) atoms. The van der Waals surface area contributed by atoms with Gasteiger partial charge in [0.05, 0.1) is 17.9 Å². The lowest BCUT2D eigenvalue weighted by molar-refractivity contribution is 0.415. The molecule has 5 heteroatoms. The van der Waals surface area contributed by atoms with Gasteiger partial charge in [0.1, 0.15) is 16.9 Å². The first-order valence-electron chi connectivity index (χ1n) is 7.40. The van der Waals surface area contributed by atoms with Crippen LogP contribution in [0.5, 0.6) is 5.75 Å². The van der Waals surface area contributed by atoms with Crippen LogP contribution < -0.4 is 16.0 Å². The highest BCUT2D eigenvalue weighted by molar-refractivity contribution is 6.26. The standard InChI is InChI=1S/C19H10O5/c1-22-9-2-6-14-13(8-9)10-3-4-11-16-12(19(21)24-18(11)20)5-7-15(23-14)17(10)16/h2-8H,1H3. The summed E-state index contributed by atoms with van der Waals surface area (Å²) in [5, 5.41) is 3.83. The van der Waals surface area contributed by atoms with Crippen LogP contribution in [0.15, 0.2) is 60.9 Å². The van der Waals surface area contributed by atoms with Gasteiger partial charge in [0.25, 0.3) is 0 Å². The van der Waals surface area contributed by atoms with Crippen LogP contribution in [0.1, 0.15) is 0 Å². The van der Waals surface area contributed by atoms with Gasteiger partial charge >= 0.3 is 11.3 Å². The molecule has 3 aromatic carbocycles. The normalized spacial score (nSPS) is 11.9. The first-order chi connectivity index (χ1) is 11.7. The monoisotopic (exact) mass is 318 g/mol. The minimum atomic E-state index is -0.632. The van der Waals surface area contributed by atoms with Crippen LogP contribution in [-0.4, -0.2) is 7.11 Å². The Morgan fingerprint density at radius 1 is 0.708 bits per heavy atom. The van der Waals surface area contributed by atoms with E-state index in [2.05, 4.69) is 0 Å². The Labute approximate surface area is 134 Å². The Hall–Kier alpha value is -3.34. The molecule has 0 bridgehead atoms. The lowest BCUT2D eigenvalue weighted by Crippen LogP contribution is -2.12. The second-order valence-corrected chi connectivity index (χ2v) is 5.66. The maximum Gasteiger partial charge on any atom is 0.346 e. The Kier molecular flexibility index (Phi) is 2.38. The number of fused-ring (bicyclic) bond motifs is 2. The molecule has 0 saturated heterocycles. The zero-order chi connectivity index (χ0) is 16.4. The van der Waals surface area contributed by atoms with Gasteiger partial charge in [-0.05, 0) is 41.8 Å². The fourth-order valence-electron chi connectivity index (χ4n) is 3.36. The highest BCUT2D eigenvalue weighted by Crippen LogP contribution is 2.37. The number of rotatable bonds is 1. The predicted octanol–water partition coefficient (Wildman–Crippen LogP) is 3.65. The van der Waals surface area contributed by atoms with Gasteiger partial charge in [-0.1, -0.05) is 6.07 Å². The van der Waals surface area contributed by atoms with E-state index in [1.165, 1.54) is 0 Å². The SMILES string of the molecule is COc1ccc2oc3ccc4c(=O)oc(=O)c5ccc(c2c1)c3c45. The van der Waals surface area contributed by atoms with Crippen molar-refractivity contribution in [1.29, 1.82) is 0 Å². The smallest absolute Gasteiger partial charge is 0.346 e. The number of hydrogen-bond acceptors (Lipinski definition) is 5. The van der Waals surface area contributed by atoms with Gasteiger partial charge in [-0.25, -0.2) is 9.59 Å². The summed E-state index contributed by atoms with van der Waals surface area (Å²) in [4.78, 5) is 24.1. The van der Waals surface area contributed by atoms with Gasteiger partial charge in [0.2, 0.25) is 0 Å². The van der Waals surface area contributed by atoms with Crippen molar-refractivity contribution in [2.45, 2.75) is 0 Å². The van der Waals surface area contributed by atoms with E-state index in [0.29, 0.717) is 33.1 Å². The van der Waals surface area contributed by atoms with E-state index < -0.39 is 11.3 Å². The van der Waals surface area contributed by atoms with Gasteiger partial charge in [0, 0.05) is 16.2 Å². The lowest BCUT2D eigenvalue weighted by Gasteiger charge is -2.11. The minimum absolute atomic E-state index is 0.375. The molecule has 0 unspecified atom stereocenters. The Morgan fingerprint density at radius 2 is 1.38 bits per heavy atom. The topological polar surface area (TPSA) is 69.7 Å². The molecule has 116 valence electrons. The third-order valence-corrected chi connectivity index (χ3v) is 4.44. The first-order valence-corrected chi connectivity index (χ1v) is 7.40. The van der Waals surface area contributed by atoms with Crippen molar-refractivity contribution >= 4 is 43.5 Å². The minimum Gasteiger partial charge on any atom is -0.497 e. The van der Waals surface area contributed by atoms with Crippen LogP contribution in [-0.2, 0) is 0 Å². The second kappa shape index (κ2) is 4.35. The first kappa shape index (κ1) is 13.1. The molecule has 0 aliphatic rings. The molecular formula is C19H10O5. The molecule has 0 saturated carbocycles. The highest BCUT2D eigenvalue weighted by atomic mass is 16.5. The van der Waals surface area contributed by atoms with Gasteiger partial charge in [-0.15, -0.1) is 0 Å². The third-order valence-electron chi connectivity index (χ3n) is 4.44. The fourth-order valence-corrected chi connectivity index (χ4v) is 3.36. The third kappa shape index (κ3) is 1.53. The van der Waals surface area contributed by atoms with E-state index in [-0.39, 0.29) is 0 Å². The summed E-state index contributed by atoms with van der Waals surface area (Å²) in [5.74, 6) is 0.705. The van der Waals surface area contributed by atoms with Gasteiger partial charge < -0.3 is 13.6 Å². The summed E-state index contributed by atoms with van der Waals surface area (Å²) < 4.78 is 16.1. The summed E-state index contributed by atoms with van der Waals surface area (Å²) >= 11 is 0. The molecule has 2 aromatic heterocycles. The Balaban J connectivity index is 2.16. The van der Waals surface area contributed by atoms with Crippen molar-refractivity contribution in [3.05, 3.63) is 63.3 Å². The van der Waals surface area contributed by atoms with E-state index in [0.717, 1.165) is 16.2 Å². The van der Waals surface area contributed by atoms with Gasteiger partial charge in [0.15, 0.2) is 0 Å². The van der Waals surface area contributed by atoms with E-state index in [4.69, 9.17) is 13.6 Å². The maximum absolute atomic E-state index is 12.1. The van der Waals surface area contributed by atoms with E-state index in [1.807, 2.05) is 24.3 Å². The van der Waals surface area contributed by atoms with Crippen LogP contribution in [0, 0.1) is 0 Å². The van der Waals surface area contributed by atoms with Crippen molar-refractivity contribution in [2.24, 2.45) is 0 Å². The summed E-state index contributed by atoms with van der Waals surface area (Å²) in [7, 11) is 1.60. The summed E-state index contributed by atoms with van der Waals surface area (Å²) in [5.41, 5.74) is 0.0575. The molecule has 0 N–H and O–H groups in total. The van der Waals surface area contributed by atoms with E-state index in [1.54, 1.807) is 25.3 Å². The van der Waals surface area contributed by atoms with E-state index >= 15 is 0 Å². The maximum atomic E-state index is 12.1. The molecule has 0 atom stereocenters. The molecule has 2 heterocycles. The average Bonchev–Trinajstić information content (AvgIpc) is 2.60. The van der Waals surface area contributed by atoms with Crippen LogP contribution in [0.2, 0.25) is 0 Å². The molecular weight excluding hydrogens is 308 g/mol. The van der Waals surface area contributed by atoms with Gasteiger partial charge in [-0.2, -0.15) is 0 Å². The number of methoxy groups -OCH3 is 1. The lowest BCUT2D eigenvalue weighted by atomic mass is 9.97. The summed E-state index contributed by atoms with van der Waals surface area (Å²) in [6, 6.07) is 12.5. The van der Waals surface area contributed by atoms with Crippen molar-refractivity contribution in [1.82, 2.24) is 0 Å². The molecule has 0 amide bonds. The number of benzene rings is 3. The van der Waals surface area contributed by atoms with Crippen molar-refractivity contribution < 1.29 is 13.6 Å². The fraction of sp³-hybridized carbons (Fsp3) is 0.0526. The second-order valence-electron chi connectivity index (χ2n) is 5.66. The Morgan fingerprint density at radius 3 is 2.12 bits per heavy atom. The molecule has 0 fully saturated rings. The molecule has 5 rings (SSSR count). The van der Waals surface area contributed by atoms with Crippen molar-refractivity contribution in [3.63, 3.8) is 0 Å². The zero-order valence-corrected chi connectivity index (χ0v) is 12.6. The van der Waals surface area contributed by atoms with Crippen LogP contribution in [0.3, 0.4) is 0 Å². The number of hydrogen-bond donors (Lipinski definition) is 0. The summed E-state index contributed by atoms with van der Waals surface area (Å²) in [6.45, 7) is 0. The Bertz CT molecular complexity index is 1340.